The first-order valence-corrected chi connectivity index (χ1v) is 44.7. The number of β-amino-alcohol motifs (C(OH)–C–C–N with tert-alkyl or cyclic N) is 1. The Hall–Kier alpha value is -14.3. The molecule has 4 aliphatic heterocycles. The number of aliphatic hydroxyl groups excluding tert-OH is 8. The van der Waals surface area contributed by atoms with E-state index in [-0.39, 0.29) is 41.1 Å². The third kappa shape index (κ3) is 29.9. The summed E-state index contributed by atoms with van der Waals surface area (Å²) in [5.41, 5.74) is 15.6. The minimum atomic E-state index is -4.54. The Bertz CT molecular complexity index is 5650. The van der Waals surface area contributed by atoms with Gasteiger partial charge in [0.15, 0.2) is 18.1 Å². The molecule has 47 nitrogen and oxygen atoms in total. The molecule has 0 aliphatic carbocycles. The van der Waals surface area contributed by atoms with Crippen LogP contribution in [0, 0.1) is 13.8 Å². The molecule has 5 aromatic rings. The molecule has 51 heteroatoms. The van der Waals surface area contributed by atoms with E-state index in [4.69, 9.17) is 16.2 Å². The summed E-state index contributed by atoms with van der Waals surface area (Å²) >= 11 is 3.28. The number of hydrazone groups is 1. The highest BCUT2D eigenvalue weighted by Gasteiger charge is 2.53. The Morgan fingerprint density at radius 2 is 1.29 bits per heavy atom. The van der Waals surface area contributed by atoms with Crippen LogP contribution >= 0.6 is 15.9 Å². The number of aryl methyl sites for hydroxylation is 2. The molecule has 15 amide bonds. The summed E-state index contributed by atoms with van der Waals surface area (Å²) in [5, 5.41) is 134. The molecule has 3 aromatic carbocycles. The number of carbonyl (C=O) groups excluding carboxylic acids is 17. The zero-order chi connectivity index (χ0) is 103. The number of rotatable bonds is 26. The second-order valence-electron chi connectivity index (χ2n) is 33.6. The van der Waals surface area contributed by atoms with Crippen molar-refractivity contribution in [3.63, 3.8) is 0 Å². The first-order chi connectivity index (χ1) is 66.3. The molecule has 140 heavy (non-hydrogen) atoms. The van der Waals surface area contributed by atoms with Gasteiger partial charge in [0.25, 0.3) is 5.91 Å². The summed E-state index contributed by atoms with van der Waals surface area (Å²) in [5.74, 6) is -25.6. The first-order valence-electron chi connectivity index (χ1n) is 43.9. The van der Waals surface area contributed by atoms with Gasteiger partial charge in [-0.05, 0) is 80.3 Å². The van der Waals surface area contributed by atoms with E-state index in [9.17, 15) is 103 Å². The molecule has 0 saturated heterocycles. The van der Waals surface area contributed by atoms with Gasteiger partial charge >= 0.3 is 6.97 Å². The van der Waals surface area contributed by atoms with Gasteiger partial charge in [0.1, 0.15) is 90.7 Å². The van der Waals surface area contributed by atoms with Crippen molar-refractivity contribution in [2.24, 2.45) is 16.6 Å². The number of aliphatic hydroxyl groups is 8. The van der Waals surface area contributed by atoms with E-state index in [2.05, 4.69) is 79.6 Å². The van der Waals surface area contributed by atoms with E-state index in [1.54, 1.807) is 73.7 Å². The Morgan fingerprint density at radius 1 is 0.693 bits per heavy atom. The number of hydrogen-bond acceptors (Lipinski definition) is 28. The predicted octanol–water partition coefficient (Wildman–Crippen LogP) is -8.97. The lowest BCUT2D eigenvalue weighted by atomic mass is 9.90. The maximum atomic E-state index is 16.6. The number of carbonyl (C=O) groups is 17. The lowest BCUT2D eigenvalue weighted by Gasteiger charge is -2.30. The normalized spacial score (nSPS) is 24.8. The molecule has 0 radical (unpaired) electrons. The summed E-state index contributed by atoms with van der Waals surface area (Å²) in [6.45, 7) is -3.88. The summed E-state index contributed by atoms with van der Waals surface area (Å²) in [4.78, 5) is 244. The van der Waals surface area contributed by atoms with Crippen LogP contribution in [0.15, 0.2) is 149 Å². The summed E-state index contributed by atoms with van der Waals surface area (Å²) < 4.78 is 43.1. The van der Waals surface area contributed by atoms with Gasteiger partial charge < -0.3 is 153 Å². The number of amides is 15. The van der Waals surface area contributed by atoms with Gasteiger partial charge in [0, 0.05) is 66.4 Å². The molecule has 0 saturated carbocycles. The topological polar surface area (TPSA) is 722 Å². The van der Waals surface area contributed by atoms with Gasteiger partial charge in [0.05, 0.1) is 81.8 Å². The summed E-state index contributed by atoms with van der Waals surface area (Å²) in [6.07, 6.45) is -11.8. The number of aldehydes is 1. The third-order valence-electron chi connectivity index (χ3n) is 22.9. The number of benzene rings is 3. The van der Waals surface area contributed by atoms with E-state index in [1.807, 2.05) is 10.6 Å². The van der Waals surface area contributed by atoms with Crippen molar-refractivity contribution in [1.82, 2.24) is 78.3 Å². The highest BCUT2D eigenvalue weighted by atomic mass is 79.9. The van der Waals surface area contributed by atoms with E-state index in [0.717, 1.165) is 37.5 Å². The average Bonchev–Trinajstić information content (AvgIpc) is 1.57. The highest BCUT2D eigenvalue weighted by Crippen LogP contribution is 2.35. The number of hydrogen-bond donors (Lipinski definition) is 23. The van der Waals surface area contributed by atoms with Crippen LogP contribution in [-0.2, 0) is 106 Å². The Kier molecular flexibility index (Phi) is 39.3. The third-order valence-corrected chi connectivity index (χ3v) is 23.4. The predicted molar refractivity (Wildman–Crippen MR) is 489 cm³/mol. The second-order valence-corrected chi connectivity index (χ2v) is 34.5. The van der Waals surface area contributed by atoms with E-state index < -0.39 is 300 Å². The zero-order valence-corrected chi connectivity index (χ0v) is 77.6. The number of aromatic nitrogens is 3. The van der Waals surface area contributed by atoms with Crippen molar-refractivity contribution in [3.05, 3.63) is 183 Å². The first kappa shape index (κ1) is 109. The van der Waals surface area contributed by atoms with Gasteiger partial charge in [-0.1, -0.05) is 119 Å². The lowest BCUT2D eigenvalue weighted by Crippen LogP contribution is -2.64. The monoisotopic (exact) mass is 2020 g/mol. The number of primary amides is 2. The van der Waals surface area contributed by atoms with Gasteiger partial charge in [-0.25, -0.2) is 14.6 Å². The van der Waals surface area contributed by atoms with Crippen LogP contribution in [0.3, 0.4) is 0 Å². The molecule has 752 valence electrons. The van der Waals surface area contributed by atoms with Crippen molar-refractivity contribution < 1.29 is 150 Å². The molecule has 6 heterocycles. The van der Waals surface area contributed by atoms with E-state index in [1.165, 1.54) is 81.5 Å². The fraction of sp³-hybridized carbons (Fsp3) is 0.416. The van der Waals surface area contributed by atoms with Crippen LogP contribution < -0.4 is 90.4 Å². The molecule has 4 bridgehead atoms. The quantitative estimate of drug-likeness (QED) is 0.00610. The van der Waals surface area contributed by atoms with Crippen LogP contribution in [0.1, 0.15) is 111 Å². The molecule has 19 atom stereocenters. The average molecular weight is 2020 g/mol. The largest absolute Gasteiger partial charge is 0.737 e. The standard InChI is InChI=1S/C89H110BBrF2N20O27/c1-44(16-17-49-12-8-6-9-13-49)26-67(120)58-34-72(125)99-64(41-116)83(132)104-63-38-110-37-55(111(43-110)73(140-57(39-114)40-115)36-97-109-70(123)25-24-53-22-23-54-30-66-45(2)27-46(3)112(66)90(92,93)113(53)54)29-60(80(129)107-75(48(5)118)87(136)105-65(42-117)84(133)101-59(79(128)100-58)28-50-14-10-7-11-15-50)98-71(124)32-56(119)31-62(89(138)139)103-85(134)68(121)35-96-86(135)74(47(4)51-18-20-52(91)21-19-51)106-88(137)76(77(126)78(95)127)108-81(130)61(33-69(94)122)102-82(63)131/h6-23,26-27,30,36-37,39,43,47-48,56-65,67-68,73-77,115-121,126H,24-25,28-29,31-35,38,40-42H2,1-5H3,(H17-,94,95,96,98,99,100,101,102,103,104,105,106,107,108,109,122,123,124,125,127,128,129,130,131,132,133,134,135,136,137,138,139)/b17-16+,44-26+,97-36?/t47-,48-,56+,57-,58-,59-,60-,61-,62-,63+,64-,65-,67-,68-,73+,74-,75-,76-,77+/m0/s1. The number of nitrogens with zero attached hydrogens (tertiary/aromatic N) is 5. The summed E-state index contributed by atoms with van der Waals surface area (Å²) in [7, 11) is 0. The van der Waals surface area contributed by atoms with Crippen molar-refractivity contribution in [2.45, 2.75) is 208 Å². The maximum Gasteiger partial charge on any atom is 0.737 e. The Labute approximate surface area is 805 Å². The number of imidazole rings is 1. The molecule has 0 unspecified atom stereocenters. The molecule has 0 fully saturated rings. The molecule has 9 rings (SSSR count). The number of aliphatic carboxylic acids is 1. The van der Waals surface area contributed by atoms with Crippen LogP contribution in [0.5, 0.6) is 0 Å². The number of nitrogens with two attached hydrogens (primary N) is 2. The molecule has 25 N–H and O–H groups in total. The number of carboxylic acids is 1. The minimum absolute atomic E-state index is 0.0170. The number of halogens is 3. The smallest absolute Gasteiger partial charge is 0.548 e. The Balaban J connectivity index is 1.24. The number of carboxylic acid groups (broad SMARTS) is 1. The van der Waals surface area contributed by atoms with E-state index in [0.29, 0.717) is 33.0 Å². The molecule has 2 aromatic heterocycles. The lowest BCUT2D eigenvalue weighted by molar-refractivity contribution is -0.749. The van der Waals surface area contributed by atoms with Crippen molar-refractivity contribution >= 4 is 148 Å². The van der Waals surface area contributed by atoms with Crippen molar-refractivity contribution in [2.75, 3.05) is 26.4 Å². The molecule has 4 aliphatic rings. The van der Waals surface area contributed by atoms with E-state index >= 15 is 32.6 Å². The van der Waals surface area contributed by atoms with Gasteiger partial charge in [-0.15, -0.1) is 0 Å². The highest BCUT2D eigenvalue weighted by molar-refractivity contribution is 9.10. The fourth-order valence-electron chi connectivity index (χ4n) is 15.5. The fourth-order valence-corrected chi connectivity index (χ4v) is 15.8. The Morgan fingerprint density at radius 3 is 1.93 bits per heavy atom. The van der Waals surface area contributed by atoms with Gasteiger partial charge in [0.2, 0.25) is 95.3 Å². The number of fused-ring (bicyclic) bond motifs is 4. The van der Waals surface area contributed by atoms with Gasteiger partial charge in [-0.2, -0.15) is 5.10 Å². The van der Waals surface area contributed by atoms with Gasteiger partial charge in [-0.3, -0.25) is 71.9 Å². The second kappa shape index (κ2) is 50.3. The molecular weight excluding hydrogens is 1910 g/mol. The van der Waals surface area contributed by atoms with Crippen molar-refractivity contribution in [3.8, 4) is 0 Å². The zero-order valence-electron chi connectivity index (χ0n) is 76.0. The number of ether oxygens (including phenoxy) is 1. The maximum absolute atomic E-state index is 16.6. The number of nitrogens with one attached hydrogen (secondary N) is 13. The SMILES string of the molecule is CC(/C=C/c1ccccc1)=C\[C@H](O)[C@@H]1CC(=O)N[C@@H](CO)C(=O)N[C@@H]2Cn3cc([n+]([C@@H](C=NNC(=O)CCC4=[N+]5C(=Cc6c(C)cc(C)n6[B-]5(F)F)C=C4)O[C@@H](C=O)CO)c3)C[C@H](NC(=O)C[C@H](O)C[C@@H](C(=O)[O-])NC(=O)[C@@H](O)CNC(=O)[C@H]([C@@H](C)c3ccc(Br)cc3)NC(=O)[C@H]([C@@H](O)C(N)=O)NC(=O)[C@H](CC(N)=O)NC2=O)C(=O)N[C@@H]([C@H](C)O)C(=O)N[C@@H](CO)C(=O)N[C@@H](Cc2ccccc2)C(=O)N1. The van der Waals surface area contributed by atoms with Crippen LogP contribution in [-0.4, -0.2) is 304 Å². The van der Waals surface area contributed by atoms with Crippen LogP contribution in [0.2, 0.25) is 0 Å². The molecular formula is C89H110BBrF2N20O27. The van der Waals surface area contributed by atoms with Crippen molar-refractivity contribution in [1.29, 1.82) is 0 Å². The van der Waals surface area contributed by atoms with Crippen LogP contribution in [0.4, 0.5) is 8.63 Å². The molecule has 0 spiro atoms. The summed E-state index contributed by atoms with van der Waals surface area (Å²) in [6, 6.07) is -0.774. The number of allylic oxidation sites excluding steroid dienone is 4. The minimum Gasteiger partial charge on any atom is -0.548 e. The van der Waals surface area contributed by atoms with Crippen LogP contribution in [0.25, 0.3) is 12.2 Å².